The van der Waals surface area contributed by atoms with Crippen LogP contribution in [0.2, 0.25) is 0 Å². The molecule has 0 saturated carbocycles. The van der Waals surface area contributed by atoms with Gasteiger partial charge < -0.3 is 24.6 Å². The number of likely N-dealkylation sites (tertiary alicyclic amines) is 1. The zero-order valence-corrected chi connectivity index (χ0v) is 12.7. The van der Waals surface area contributed by atoms with E-state index in [-0.39, 0.29) is 25.9 Å². The van der Waals surface area contributed by atoms with E-state index in [1.807, 2.05) is 0 Å². The fourth-order valence-corrected chi connectivity index (χ4v) is 2.94. The number of aliphatic hydroxyl groups is 1. The smallest absolute Gasteiger partial charge is 0.410 e. The number of amides is 1. The average molecular weight is 301 g/mol. The summed E-state index contributed by atoms with van der Waals surface area (Å²) in [5.74, 6) is -1.03. The number of hydrogen-bond acceptors (Lipinski definition) is 5. The van der Waals surface area contributed by atoms with E-state index >= 15 is 0 Å². The molecule has 120 valence electrons. The van der Waals surface area contributed by atoms with Crippen molar-refractivity contribution in [2.24, 2.45) is 5.41 Å². The summed E-state index contributed by atoms with van der Waals surface area (Å²) in [6.45, 7) is 5.85. The molecule has 7 nitrogen and oxygen atoms in total. The minimum absolute atomic E-state index is 0.0196. The number of nitrogens with zero attached hydrogens (tertiary/aromatic N) is 1. The van der Waals surface area contributed by atoms with E-state index in [1.54, 1.807) is 20.8 Å². The van der Waals surface area contributed by atoms with Crippen LogP contribution >= 0.6 is 0 Å². The summed E-state index contributed by atoms with van der Waals surface area (Å²) in [5.41, 5.74) is -3.28. The van der Waals surface area contributed by atoms with Crippen LogP contribution in [-0.2, 0) is 14.3 Å². The Morgan fingerprint density at radius 3 is 2.14 bits per heavy atom. The van der Waals surface area contributed by atoms with E-state index in [2.05, 4.69) is 0 Å². The Hall–Kier alpha value is -1.34. The van der Waals surface area contributed by atoms with Gasteiger partial charge in [0.2, 0.25) is 0 Å². The molecule has 2 rings (SSSR count). The Kier molecular flexibility index (Phi) is 3.92. The number of hydrogen-bond donors (Lipinski definition) is 2. The van der Waals surface area contributed by atoms with Gasteiger partial charge in [-0.1, -0.05) is 0 Å². The molecule has 2 aliphatic rings. The molecule has 0 aromatic carbocycles. The predicted octanol–water partition coefficient (Wildman–Crippen LogP) is 0.850. The first-order chi connectivity index (χ1) is 9.60. The van der Waals surface area contributed by atoms with Crippen LogP contribution in [0.1, 0.15) is 33.6 Å². The summed E-state index contributed by atoms with van der Waals surface area (Å²) in [5, 5.41) is 20.2. The first kappa shape index (κ1) is 16.0. The van der Waals surface area contributed by atoms with Crippen molar-refractivity contribution in [2.75, 3.05) is 26.3 Å². The van der Waals surface area contributed by atoms with Crippen LogP contribution in [-0.4, -0.2) is 64.7 Å². The SMILES string of the molecule is CC(C)(C)OC(=O)N1CC(O)(C2(C(=O)O)CCOCC2)C1. The predicted molar refractivity (Wildman–Crippen MR) is 72.9 cm³/mol. The fraction of sp³-hybridized carbons (Fsp3) is 0.857. The van der Waals surface area contributed by atoms with E-state index in [0.717, 1.165) is 0 Å². The zero-order valence-electron chi connectivity index (χ0n) is 12.7. The van der Waals surface area contributed by atoms with Gasteiger partial charge in [0.05, 0.1) is 13.1 Å². The molecule has 2 fully saturated rings. The lowest BCUT2D eigenvalue weighted by Gasteiger charge is -2.55. The van der Waals surface area contributed by atoms with Crippen molar-refractivity contribution in [1.82, 2.24) is 4.90 Å². The van der Waals surface area contributed by atoms with Crippen molar-refractivity contribution in [1.29, 1.82) is 0 Å². The third-order valence-corrected chi connectivity index (χ3v) is 4.20. The summed E-state index contributed by atoms with van der Waals surface area (Å²) < 4.78 is 10.4. The monoisotopic (exact) mass is 301 g/mol. The highest BCUT2D eigenvalue weighted by molar-refractivity contribution is 5.78. The first-order valence-corrected chi connectivity index (χ1v) is 7.11. The number of ether oxygens (including phenoxy) is 2. The van der Waals surface area contributed by atoms with Crippen LogP contribution in [0.25, 0.3) is 0 Å². The molecule has 0 atom stereocenters. The van der Waals surface area contributed by atoms with Gasteiger partial charge in [-0.15, -0.1) is 0 Å². The topological polar surface area (TPSA) is 96.3 Å². The molecule has 2 aliphatic heterocycles. The fourth-order valence-electron chi connectivity index (χ4n) is 2.94. The van der Waals surface area contributed by atoms with Crippen LogP contribution < -0.4 is 0 Å². The van der Waals surface area contributed by atoms with E-state index in [4.69, 9.17) is 9.47 Å². The van der Waals surface area contributed by atoms with Crippen molar-refractivity contribution in [3.63, 3.8) is 0 Å². The molecule has 0 bridgehead atoms. The maximum atomic E-state index is 11.9. The zero-order chi connectivity index (χ0) is 15.9. The van der Waals surface area contributed by atoms with E-state index in [1.165, 1.54) is 4.90 Å². The Bertz CT molecular complexity index is 429. The van der Waals surface area contributed by atoms with Crippen molar-refractivity contribution >= 4 is 12.1 Å². The minimum atomic E-state index is -1.42. The Morgan fingerprint density at radius 2 is 1.71 bits per heavy atom. The van der Waals surface area contributed by atoms with E-state index < -0.39 is 28.7 Å². The Balaban J connectivity index is 2.05. The second kappa shape index (κ2) is 5.14. The van der Waals surface area contributed by atoms with Crippen molar-refractivity contribution in [3.05, 3.63) is 0 Å². The highest BCUT2D eigenvalue weighted by Crippen LogP contribution is 2.46. The molecule has 2 heterocycles. The van der Waals surface area contributed by atoms with Gasteiger partial charge in [0, 0.05) is 13.2 Å². The largest absolute Gasteiger partial charge is 0.481 e. The molecule has 21 heavy (non-hydrogen) atoms. The van der Waals surface area contributed by atoms with Gasteiger partial charge in [0.15, 0.2) is 0 Å². The number of carboxylic acids is 1. The highest BCUT2D eigenvalue weighted by atomic mass is 16.6. The Morgan fingerprint density at radius 1 is 1.19 bits per heavy atom. The van der Waals surface area contributed by atoms with Crippen LogP contribution in [0.4, 0.5) is 4.79 Å². The van der Waals surface area contributed by atoms with E-state index in [0.29, 0.717) is 13.2 Å². The summed E-state index contributed by atoms with van der Waals surface area (Å²) in [6.07, 6.45) is -0.0260. The lowest BCUT2D eigenvalue weighted by Crippen LogP contribution is -2.73. The number of carbonyl (C=O) groups excluding carboxylic acids is 1. The van der Waals surface area contributed by atoms with Crippen LogP contribution in [0.3, 0.4) is 0 Å². The van der Waals surface area contributed by atoms with Gasteiger partial charge in [0.1, 0.15) is 16.6 Å². The summed E-state index contributed by atoms with van der Waals surface area (Å²) >= 11 is 0. The molecule has 0 spiro atoms. The van der Waals surface area contributed by atoms with Crippen molar-refractivity contribution < 1.29 is 29.3 Å². The number of aliphatic carboxylic acids is 1. The van der Waals surface area contributed by atoms with Crippen molar-refractivity contribution in [2.45, 2.75) is 44.8 Å². The molecule has 2 saturated heterocycles. The van der Waals surface area contributed by atoms with Crippen LogP contribution in [0.15, 0.2) is 0 Å². The first-order valence-electron chi connectivity index (χ1n) is 7.11. The standard InChI is InChI=1S/C14H23NO6/c1-12(2,3)21-11(18)15-8-14(19,9-15)13(10(16)17)4-6-20-7-5-13/h19H,4-9H2,1-3H3,(H,16,17). The number of carbonyl (C=O) groups is 2. The molecule has 1 amide bonds. The van der Waals surface area contributed by atoms with Gasteiger partial charge in [-0.05, 0) is 33.6 Å². The lowest BCUT2D eigenvalue weighted by molar-refractivity contribution is -0.214. The van der Waals surface area contributed by atoms with Gasteiger partial charge in [-0.2, -0.15) is 0 Å². The van der Waals surface area contributed by atoms with Crippen LogP contribution in [0, 0.1) is 5.41 Å². The third-order valence-electron chi connectivity index (χ3n) is 4.20. The van der Waals surface area contributed by atoms with Crippen LogP contribution in [0.5, 0.6) is 0 Å². The average Bonchev–Trinajstić information content (AvgIpc) is 2.33. The summed E-state index contributed by atoms with van der Waals surface area (Å²) in [7, 11) is 0. The molecule has 7 heteroatoms. The Labute approximate surface area is 123 Å². The number of β-amino-alcohol motifs (C(OH)–C–C–N with tert-alkyl or cyclic N) is 1. The van der Waals surface area contributed by atoms with E-state index in [9.17, 15) is 19.8 Å². The molecule has 0 radical (unpaired) electrons. The maximum absolute atomic E-state index is 11.9. The molecule has 2 N–H and O–H groups in total. The third kappa shape index (κ3) is 2.85. The van der Waals surface area contributed by atoms with Gasteiger partial charge in [-0.25, -0.2) is 4.79 Å². The normalized spacial score (nSPS) is 24.1. The second-order valence-corrected chi connectivity index (χ2v) is 6.87. The second-order valence-electron chi connectivity index (χ2n) is 6.87. The van der Waals surface area contributed by atoms with Crippen molar-refractivity contribution in [3.8, 4) is 0 Å². The molecule has 0 aromatic rings. The quantitative estimate of drug-likeness (QED) is 0.785. The van der Waals surface area contributed by atoms with Gasteiger partial charge >= 0.3 is 12.1 Å². The molecule has 0 aromatic heterocycles. The van der Waals surface area contributed by atoms with Gasteiger partial charge in [-0.3, -0.25) is 4.79 Å². The van der Waals surface area contributed by atoms with Gasteiger partial charge in [0.25, 0.3) is 0 Å². The minimum Gasteiger partial charge on any atom is -0.481 e. The molecule has 0 unspecified atom stereocenters. The number of rotatable bonds is 2. The highest BCUT2D eigenvalue weighted by Gasteiger charge is 2.63. The number of carboxylic acid groups (broad SMARTS) is 1. The molecular weight excluding hydrogens is 278 g/mol. The maximum Gasteiger partial charge on any atom is 0.410 e. The lowest BCUT2D eigenvalue weighted by atomic mass is 9.63. The summed E-state index contributed by atoms with van der Waals surface area (Å²) in [4.78, 5) is 24.9. The summed E-state index contributed by atoms with van der Waals surface area (Å²) in [6, 6.07) is 0. The molecular formula is C14H23NO6. The molecule has 0 aliphatic carbocycles.